The zero-order chi connectivity index (χ0) is 16.4. The predicted octanol–water partition coefficient (Wildman–Crippen LogP) is 2.78. The second kappa shape index (κ2) is 7.66. The van der Waals surface area contributed by atoms with Crippen molar-refractivity contribution in [3.05, 3.63) is 35.4 Å². The fraction of sp³-hybridized carbons (Fsp3) is 0.579. The maximum absolute atomic E-state index is 13.1. The first-order valence-electron chi connectivity index (χ1n) is 8.78. The van der Waals surface area contributed by atoms with Crippen molar-refractivity contribution >= 4 is 24.2 Å². The number of hydrogen-bond acceptors (Lipinski definition) is 3. The molecule has 4 nitrogen and oxygen atoms in total. The van der Waals surface area contributed by atoms with Crippen LogP contribution in [0.25, 0.3) is 0 Å². The van der Waals surface area contributed by atoms with Gasteiger partial charge < -0.3 is 4.90 Å². The summed E-state index contributed by atoms with van der Waals surface area (Å²) in [7, 11) is 0. The molecule has 1 fully saturated rings. The summed E-state index contributed by atoms with van der Waals surface area (Å²) in [6.07, 6.45) is 3.15. The van der Waals surface area contributed by atoms with Crippen LogP contribution in [0.15, 0.2) is 24.3 Å². The lowest BCUT2D eigenvalue weighted by Gasteiger charge is -2.33. The van der Waals surface area contributed by atoms with Crippen molar-refractivity contribution in [3.63, 3.8) is 0 Å². The number of halogens is 1. The van der Waals surface area contributed by atoms with Gasteiger partial charge in [0.2, 0.25) is 11.8 Å². The molecule has 1 atom stereocenters. The Morgan fingerprint density at radius 3 is 2.58 bits per heavy atom. The van der Waals surface area contributed by atoms with Gasteiger partial charge in [0.25, 0.3) is 0 Å². The molecule has 0 saturated carbocycles. The summed E-state index contributed by atoms with van der Waals surface area (Å²) in [5.74, 6) is 0.0284. The molecular weight excluding hydrogens is 324 g/mol. The molecule has 24 heavy (non-hydrogen) atoms. The van der Waals surface area contributed by atoms with E-state index in [1.807, 2.05) is 18.2 Å². The summed E-state index contributed by atoms with van der Waals surface area (Å²) < 4.78 is 0. The molecule has 3 rings (SSSR count). The van der Waals surface area contributed by atoms with E-state index in [0.29, 0.717) is 13.0 Å². The number of fused-ring (bicyclic) bond motifs is 2. The maximum Gasteiger partial charge on any atom is 0.240 e. The maximum atomic E-state index is 13.1. The van der Waals surface area contributed by atoms with Crippen molar-refractivity contribution in [2.45, 2.75) is 44.9 Å². The number of carbonyl (C=O) groups is 2. The fourth-order valence-corrected chi connectivity index (χ4v) is 4.13. The number of likely N-dealkylation sites (N-methyl/N-ethyl adjacent to an activating group) is 1. The van der Waals surface area contributed by atoms with Gasteiger partial charge in [0.15, 0.2) is 0 Å². The highest BCUT2D eigenvalue weighted by Crippen LogP contribution is 2.45. The van der Waals surface area contributed by atoms with Crippen LogP contribution in [0.2, 0.25) is 0 Å². The number of nitrogens with zero attached hydrogens (tertiary/aromatic N) is 2. The number of rotatable bonds is 5. The van der Waals surface area contributed by atoms with Gasteiger partial charge in [0.05, 0.1) is 5.41 Å². The van der Waals surface area contributed by atoms with Gasteiger partial charge in [-0.3, -0.25) is 14.5 Å². The molecule has 1 aliphatic carbocycles. The predicted molar refractivity (Wildman–Crippen MR) is 97.4 cm³/mol. The first-order valence-corrected chi connectivity index (χ1v) is 8.78. The van der Waals surface area contributed by atoms with Crippen molar-refractivity contribution in [1.82, 2.24) is 9.80 Å². The van der Waals surface area contributed by atoms with Gasteiger partial charge in [-0.1, -0.05) is 38.1 Å². The number of carbonyl (C=O) groups excluding carboxylic acids is 2. The third-order valence-corrected chi connectivity index (χ3v) is 5.53. The van der Waals surface area contributed by atoms with E-state index in [-0.39, 0.29) is 24.2 Å². The van der Waals surface area contributed by atoms with Gasteiger partial charge in [0.1, 0.15) is 0 Å². The molecule has 0 aromatic heterocycles. The Hall–Kier alpha value is -1.39. The highest BCUT2D eigenvalue weighted by Gasteiger charge is 2.53. The summed E-state index contributed by atoms with van der Waals surface area (Å²) >= 11 is 0. The highest BCUT2D eigenvalue weighted by atomic mass is 35.5. The Morgan fingerprint density at radius 2 is 1.88 bits per heavy atom. The van der Waals surface area contributed by atoms with Crippen molar-refractivity contribution < 1.29 is 9.59 Å². The van der Waals surface area contributed by atoms with Crippen molar-refractivity contribution in [2.75, 3.05) is 26.2 Å². The lowest BCUT2D eigenvalue weighted by Crippen LogP contribution is -2.43. The minimum atomic E-state index is -0.588. The Morgan fingerprint density at radius 1 is 1.17 bits per heavy atom. The molecule has 1 saturated heterocycles. The van der Waals surface area contributed by atoms with Crippen LogP contribution in [-0.4, -0.2) is 47.8 Å². The molecule has 1 unspecified atom stereocenters. The molecule has 132 valence electrons. The van der Waals surface area contributed by atoms with E-state index in [2.05, 4.69) is 24.8 Å². The van der Waals surface area contributed by atoms with E-state index >= 15 is 0 Å². The Balaban J connectivity index is 0.00000208. The van der Waals surface area contributed by atoms with E-state index < -0.39 is 5.41 Å². The summed E-state index contributed by atoms with van der Waals surface area (Å²) in [5, 5.41) is 0. The van der Waals surface area contributed by atoms with Crippen LogP contribution in [0.4, 0.5) is 0 Å². The number of hydrogen-bond donors (Lipinski definition) is 0. The minimum Gasteiger partial charge on any atom is -0.302 e. The molecule has 1 aromatic rings. The van der Waals surface area contributed by atoms with Crippen molar-refractivity contribution in [2.24, 2.45) is 0 Å². The van der Waals surface area contributed by atoms with E-state index in [0.717, 1.165) is 44.5 Å². The molecule has 2 aliphatic rings. The molecular formula is C19H27ClN2O2. The number of aryl methyl sites for hydroxylation is 1. The smallest absolute Gasteiger partial charge is 0.240 e. The SMILES string of the molecule is CCN(CC)CCN1C(=O)CC2(CCCc3ccccc32)C1=O.Cl. The third kappa shape index (κ3) is 3.09. The highest BCUT2D eigenvalue weighted by molar-refractivity contribution is 6.09. The second-order valence-electron chi connectivity index (χ2n) is 6.65. The molecule has 1 aromatic carbocycles. The van der Waals surface area contributed by atoms with Crippen LogP contribution in [0, 0.1) is 0 Å². The van der Waals surface area contributed by atoms with Gasteiger partial charge >= 0.3 is 0 Å². The lowest BCUT2D eigenvalue weighted by atomic mass is 9.69. The Labute approximate surface area is 150 Å². The van der Waals surface area contributed by atoms with E-state index in [9.17, 15) is 9.59 Å². The van der Waals surface area contributed by atoms with Crippen LogP contribution in [-0.2, 0) is 21.4 Å². The van der Waals surface area contributed by atoms with E-state index in [4.69, 9.17) is 0 Å². The summed E-state index contributed by atoms with van der Waals surface area (Å²) in [4.78, 5) is 29.4. The van der Waals surface area contributed by atoms with Gasteiger partial charge in [-0.25, -0.2) is 0 Å². The first-order chi connectivity index (χ1) is 11.1. The van der Waals surface area contributed by atoms with Gasteiger partial charge in [-0.05, 0) is 43.5 Å². The Bertz CT molecular complexity index is 615. The average molecular weight is 351 g/mol. The van der Waals surface area contributed by atoms with Gasteiger partial charge in [0, 0.05) is 19.5 Å². The summed E-state index contributed by atoms with van der Waals surface area (Å²) in [5.41, 5.74) is 1.75. The molecule has 1 spiro atoms. The molecule has 2 amide bonds. The normalized spacial score (nSPS) is 22.9. The monoisotopic (exact) mass is 350 g/mol. The number of amides is 2. The Kier molecular flexibility index (Phi) is 6.05. The molecule has 0 bridgehead atoms. The average Bonchev–Trinajstić information content (AvgIpc) is 2.81. The lowest BCUT2D eigenvalue weighted by molar-refractivity contribution is -0.140. The molecule has 1 aliphatic heterocycles. The van der Waals surface area contributed by atoms with Crippen LogP contribution in [0.1, 0.15) is 44.2 Å². The molecule has 5 heteroatoms. The van der Waals surface area contributed by atoms with Crippen LogP contribution in [0.3, 0.4) is 0 Å². The second-order valence-corrected chi connectivity index (χ2v) is 6.65. The van der Waals surface area contributed by atoms with Crippen LogP contribution >= 0.6 is 12.4 Å². The quantitative estimate of drug-likeness (QED) is 0.767. The number of benzene rings is 1. The van der Waals surface area contributed by atoms with Crippen molar-refractivity contribution in [3.8, 4) is 0 Å². The molecule has 0 N–H and O–H groups in total. The number of likely N-dealkylation sites (tertiary alicyclic amines) is 1. The first kappa shape index (κ1) is 18.9. The fourth-order valence-electron chi connectivity index (χ4n) is 4.13. The third-order valence-electron chi connectivity index (χ3n) is 5.53. The van der Waals surface area contributed by atoms with E-state index in [1.165, 1.54) is 10.5 Å². The summed E-state index contributed by atoms with van der Waals surface area (Å²) in [6, 6.07) is 8.17. The van der Waals surface area contributed by atoms with Gasteiger partial charge in [-0.2, -0.15) is 0 Å². The standard InChI is InChI=1S/C19H26N2O2.ClH/c1-3-20(4-2)12-13-21-17(22)14-19(18(21)23)11-7-9-15-8-5-6-10-16(15)19;/h5-6,8,10H,3-4,7,9,11-14H2,1-2H3;1H. The topological polar surface area (TPSA) is 40.6 Å². The van der Waals surface area contributed by atoms with Gasteiger partial charge in [-0.15, -0.1) is 12.4 Å². The number of imide groups is 1. The zero-order valence-corrected chi connectivity index (χ0v) is 15.4. The molecule has 1 heterocycles. The summed E-state index contributed by atoms with van der Waals surface area (Å²) in [6.45, 7) is 7.39. The van der Waals surface area contributed by atoms with Crippen molar-refractivity contribution in [1.29, 1.82) is 0 Å². The van der Waals surface area contributed by atoms with Crippen LogP contribution < -0.4 is 0 Å². The largest absolute Gasteiger partial charge is 0.302 e. The zero-order valence-electron chi connectivity index (χ0n) is 14.6. The van der Waals surface area contributed by atoms with E-state index in [1.54, 1.807) is 0 Å². The minimum absolute atomic E-state index is 0. The van der Waals surface area contributed by atoms with Crippen LogP contribution in [0.5, 0.6) is 0 Å². The molecule has 0 radical (unpaired) electrons.